The molecule has 0 fully saturated rings. The fourth-order valence-corrected chi connectivity index (χ4v) is 2.64. The molecule has 5 nitrogen and oxygen atoms in total. The molecule has 0 aliphatic rings. The second-order valence-electron chi connectivity index (χ2n) is 5.69. The third kappa shape index (κ3) is 4.38. The van der Waals surface area contributed by atoms with Crippen LogP contribution in [0.2, 0.25) is 0 Å². The highest BCUT2D eigenvalue weighted by Crippen LogP contribution is 2.19. The zero-order valence-electron chi connectivity index (χ0n) is 13.7. The normalized spacial score (nSPS) is 12.4. The minimum atomic E-state index is -2.73. The molecule has 0 saturated heterocycles. The number of benzene rings is 1. The molecule has 0 saturated carbocycles. The molecule has 2 aromatic rings. The fourth-order valence-electron chi connectivity index (χ4n) is 2.64. The number of rotatable bonds is 7. The molecule has 0 spiro atoms. The summed E-state index contributed by atoms with van der Waals surface area (Å²) in [5.74, 6) is -0.329. The first kappa shape index (κ1) is 18.1. The molecule has 1 amide bonds. The molecule has 0 bridgehead atoms. The first-order valence-corrected chi connectivity index (χ1v) is 7.69. The Labute approximate surface area is 139 Å². The molecule has 0 aliphatic heterocycles. The summed E-state index contributed by atoms with van der Waals surface area (Å²) in [6.45, 7) is 0.183. The van der Waals surface area contributed by atoms with Crippen molar-refractivity contribution in [3.63, 3.8) is 0 Å². The van der Waals surface area contributed by atoms with Gasteiger partial charge in [0.25, 0.3) is 0 Å². The number of hydrogen-bond donors (Lipinski definition) is 2. The van der Waals surface area contributed by atoms with Crippen LogP contribution in [-0.2, 0) is 17.6 Å². The van der Waals surface area contributed by atoms with E-state index in [4.69, 9.17) is 0 Å². The van der Waals surface area contributed by atoms with Crippen LogP contribution < -0.4 is 5.32 Å². The van der Waals surface area contributed by atoms with E-state index in [9.17, 15) is 18.7 Å². The average Bonchev–Trinajstić information content (AvgIpc) is 2.83. The van der Waals surface area contributed by atoms with Gasteiger partial charge in [0.2, 0.25) is 5.91 Å². The van der Waals surface area contributed by atoms with Crippen LogP contribution >= 0.6 is 0 Å². The maximum Gasteiger partial charge on any atom is 0.333 e. The second-order valence-corrected chi connectivity index (χ2v) is 5.69. The van der Waals surface area contributed by atoms with Gasteiger partial charge in [-0.1, -0.05) is 30.3 Å². The first-order valence-electron chi connectivity index (χ1n) is 7.69. The summed E-state index contributed by atoms with van der Waals surface area (Å²) in [5.41, 5.74) is 2.17. The van der Waals surface area contributed by atoms with Crippen molar-refractivity contribution in [1.82, 2.24) is 15.1 Å². The fraction of sp³-hybridized carbons (Fsp3) is 0.412. The summed E-state index contributed by atoms with van der Waals surface area (Å²) in [7, 11) is 0. The minimum absolute atomic E-state index is 0.0460. The lowest BCUT2D eigenvalue weighted by Gasteiger charge is -2.16. The summed E-state index contributed by atoms with van der Waals surface area (Å²) >= 11 is 0. The van der Waals surface area contributed by atoms with Crippen LogP contribution in [0.4, 0.5) is 8.78 Å². The number of carbonyl (C=O) groups is 1. The van der Waals surface area contributed by atoms with E-state index >= 15 is 0 Å². The zero-order chi connectivity index (χ0) is 17.7. The van der Waals surface area contributed by atoms with Crippen LogP contribution in [0.25, 0.3) is 0 Å². The molecule has 0 radical (unpaired) electrons. The van der Waals surface area contributed by atoms with Crippen molar-refractivity contribution in [2.45, 2.75) is 39.3 Å². The second kappa shape index (κ2) is 8.01. The van der Waals surface area contributed by atoms with Crippen molar-refractivity contribution in [2.24, 2.45) is 0 Å². The molecule has 7 heteroatoms. The van der Waals surface area contributed by atoms with Crippen LogP contribution in [0.3, 0.4) is 0 Å². The number of aliphatic hydroxyl groups is 1. The number of carbonyl (C=O) groups excluding carboxylic acids is 1. The van der Waals surface area contributed by atoms with E-state index in [1.807, 2.05) is 30.3 Å². The highest BCUT2D eigenvalue weighted by Gasteiger charge is 2.20. The van der Waals surface area contributed by atoms with E-state index in [2.05, 4.69) is 10.4 Å². The Balaban J connectivity index is 2.02. The highest BCUT2D eigenvalue weighted by molar-refractivity contribution is 5.79. The maximum absolute atomic E-state index is 12.8. The summed E-state index contributed by atoms with van der Waals surface area (Å²) in [6.07, 6.45) is 0.451. The molecular formula is C17H21F2N3O2. The maximum atomic E-state index is 12.8. The number of nitrogens with one attached hydrogen (secondary N) is 1. The Bertz CT molecular complexity index is 687. The van der Waals surface area contributed by atoms with E-state index in [1.165, 1.54) is 6.92 Å². The number of aromatic nitrogens is 2. The molecule has 1 aromatic carbocycles. The van der Waals surface area contributed by atoms with E-state index in [-0.39, 0.29) is 24.6 Å². The van der Waals surface area contributed by atoms with Gasteiger partial charge in [-0.3, -0.25) is 4.79 Å². The number of alkyl halides is 2. The lowest BCUT2D eigenvalue weighted by atomic mass is 10.1. The lowest BCUT2D eigenvalue weighted by Crippen LogP contribution is -2.40. The number of nitrogens with zero attached hydrogens (tertiary/aromatic N) is 2. The van der Waals surface area contributed by atoms with Gasteiger partial charge in [0.05, 0.1) is 24.8 Å². The molecular weight excluding hydrogens is 316 g/mol. The lowest BCUT2D eigenvalue weighted by molar-refractivity contribution is -0.121. The quantitative estimate of drug-likeness (QED) is 0.814. The van der Waals surface area contributed by atoms with Gasteiger partial charge in [-0.25, -0.2) is 4.68 Å². The third-order valence-corrected chi connectivity index (χ3v) is 3.91. The van der Waals surface area contributed by atoms with Crippen molar-refractivity contribution >= 4 is 5.91 Å². The molecule has 1 aromatic heterocycles. The smallest absolute Gasteiger partial charge is 0.333 e. The van der Waals surface area contributed by atoms with Gasteiger partial charge < -0.3 is 10.4 Å². The third-order valence-electron chi connectivity index (χ3n) is 3.91. The van der Waals surface area contributed by atoms with Crippen molar-refractivity contribution in [3.05, 3.63) is 52.8 Å². The van der Waals surface area contributed by atoms with Gasteiger partial charge in [0.1, 0.15) is 0 Å². The Kier molecular flexibility index (Phi) is 6.03. The molecule has 1 atom stereocenters. The van der Waals surface area contributed by atoms with Crippen molar-refractivity contribution < 1.29 is 18.7 Å². The highest BCUT2D eigenvalue weighted by atomic mass is 19.3. The van der Waals surface area contributed by atoms with Crippen LogP contribution in [-0.4, -0.2) is 33.4 Å². The van der Waals surface area contributed by atoms with Crippen LogP contribution in [0, 0.1) is 13.8 Å². The van der Waals surface area contributed by atoms with Crippen molar-refractivity contribution in [1.29, 1.82) is 0 Å². The SMILES string of the molecule is Cc1nn(C(F)F)c(C)c1CC(=O)NC(CO)Cc1ccccc1. The van der Waals surface area contributed by atoms with E-state index in [0.717, 1.165) is 5.56 Å². The van der Waals surface area contributed by atoms with Gasteiger partial charge in [-0.15, -0.1) is 0 Å². The van der Waals surface area contributed by atoms with Gasteiger partial charge >= 0.3 is 6.55 Å². The predicted molar refractivity (Wildman–Crippen MR) is 85.8 cm³/mol. The number of halogens is 2. The molecule has 2 rings (SSSR count). The minimum Gasteiger partial charge on any atom is -0.394 e. The first-order chi connectivity index (χ1) is 11.4. The van der Waals surface area contributed by atoms with Crippen LogP contribution in [0.1, 0.15) is 29.1 Å². The zero-order valence-corrected chi connectivity index (χ0v) is 13.7. The molecule has 0 aliphatic carbocycles. The van der Waals surface area contributed by atoms with Gasteiger partial charge in [-0.05, 0) is 25.8 Å². The van der Waals surface area contributed by atoms with Crippen LogP contribution in [0.15, 0.2) is 30.3 Å². The Morgan fingerprint density at radius 1 is 1.29 bits per heavy atom. The number of aryl methyl sites for hydroxylation is 1. The largest absolute Gasteiger partial charge is 0.394 e. The Hall–Kier alpha value is -2.28. The molecule has 1 heterocycles. The number of aliphatic hydroxyl groups excluding tert-OH is 1. The summed E-state index contributed by atoms with van der Waals surface area (Å²) in [5, 5.41) is 16.0. The van der Waals surface area contributed by atoms with E-state index < -0.39 is 12.6 Å². The van der Waals surface area contributed by atoms with Crippen LogP contribution in [0.5, 0.6) is 0 Å². The number of amides is 1. The standard InChI is InChI=1S/C17H21F2N3O2/c1-11-15(12(2)22(21-11)17(18)19)9-16(24)20-14(10-23)8-13-6-4-3-5-7-13/h3-7,14,17,23H,8-10H2,1-2H3,(H,20,24). The topological polar surface area (TPSA) is 67.2 Å². The van der Waals surface area contributed by atoms with Crippen molar-refractivity contribution in [3.8, 4) is 0 Å². The molecule has 2 N–H and O–H groups in total. The van der Waals surface area contributed by atoms with Gasteiger partial charge in [-0.2, -0.15) is 13.9 Å². The molecule has 130 valence electrons. The molecule has 24 heavy (non-hydrogen) atoms. The predicted octanol–water partition coefficient (Wildman–Crippen LogP) is 2.16. The summed E-state index contributed by atoms with van der Waals surface area (Å²) < 4.78 is 26.3. The number of hydrogen-bond acceptors (Lipinski definition) is 3. The molecule has 1 unspecified atom stereocenters. The van der Waals surface area contributed by atoms with E-state index in [0.29, 0.717) is 22.4 Å². The van der Waals surface area contributed by atoms with Crippen molar-refractivity contribution in [2.75, 3.05) is 6.61 Å². The summed E-state index contributed by atoms with van der Waals surface area (Å²) in [6, 6.07) is 9.06. The summed E-state index contributed by atoms with van der Waals surface area (Å²) in [4.78, 5) is 12.2. The van der Waals surface area contributed by atoms with Gasteiger partial charge in [0, 0.05) is 11.3 Å². The Morgan fingerprint density at radius 2 is 1.96 bits per heavy atom. The van der Waals surface area contributed by atoms with Gasteiger partial charge in [0.15, 0.2) is 0 Å². The Morgan fingerprint density at radius 3 is 2.50 bits per heavy atom. The van der Waals surface area contributed by atoms with E-state index in [1.54, 1.807) is 6.92 Å². The average molecular weight is 337 g/mol. The monoisotopic (exact) mass is 337 g/mol.